The van der Waals surface area contributed by atoms with Gasteiger partial charge in [0.15, 0.2) is 12.4 Å². The van der Waals surface area contributed by atoms with Crippen LogP contribution in [0.2, 0.25) is 5.02 Å². The fourth-order valence-electron chi connectivity index (χ4n) is 2.47. The maximum atomic E-state index is 12.6. The average molecular weight is 438 g/mol. The molecule has 0 aliphatic carbocycles. The molecule has 0 radical (unpaired) electrons. The predicted octanol–water partition coefficient (Wildman–Crippen LogP) is 3.17. The van der Waals surface area contributed by atoms with Gasteiger partial charge in [-0.05, 0) is 36.4 Å². The fraction of sp³-hybridized carbons (Fsp3) is 0.263. The molecule has 0 aliphatic heterocycles. The van der Waals surface area contributed by atoms with Gasteiger partial charge in [0, 0.05) is 20.0 Å². The van der Waals surface area contributed by atoms with Crippen LogP contribution < -0.4 is 9.47 Å². The monoisotopic (exact) mass is 437 g/mol. The number of halogens is 1. The first-order valence-corrected chi connectivity index (χ1v) is 10.5. The molecule has 1 aromatic heterocycles. The van der Waals surface area contributed by atoms with E-state index in [0.717, 1.165) is 5.75 Å². The molecule has 154 valence electrons. The number of benzene rings is 2. The van der Waals surface area contributed by atoms with Gasteiger partial charge < -0.3 is 14.0 Å². The first kappa shape index (κ1) is 21.1. The van der Waals surface area contributed by atoms with Gasteiger partial charge in [-0.3, -0.25) is 0 Å². The molecule has 0 saturated carbocycles. The second-order valence-electron chi connectivity index (χ2n) is 6.08. The molecule has 0 N–H and O–H groups in total. The minimum absolute atomic E-state index is 0.0610. The number of sulfonamides is 1. The van der Waals surface area contributed by atoms with Crippen molar-refractivity contribution in [3.05, 3.63) is 65.3 Å². The van der Waals surface area contributed by atoms with Gasteiger partial charge in [-0.2, -0.15) is 4.98 Å². The summed E-state index contributed by atoms with van der Waals surface area (Å²) in [4.78, 5) is 4.29. The largest absolute Gasteiger partial charge is 0.497 e. The van der Waals surface area contributed by atoms with Crippen LogP contribution >= 0.6 is 11.6 Å². The molecule has 2 aromatic carbocycles. The number of nitrogens with zero attached hydrogens (tertiary/aromatic N) is 3. The average Bonchev–Trinajstić information content (AvgIpc) is 3.19. The molecular weight excluding hydrogens is 418 g/mol. The zero-order valence-electron chi connectivity index (χ0n) is 15.9. The molecule has 29 heavy (non-hydrogen) atoms. The van der Waals surface area contributed by atoms with Gasteiger partial charge in [-0.1, -0.05) is 28.9 Å². The van der Waals surface area contributed by atoms with Gasteiger partial charge in [0.1, 0.15) is 16.4 Å². The SMILES string of the molecule is COc1ccc(OCc2nc(CCN(C)S(=O)(=O)c3ccccc3Cl)no2)cc1. The van der Waals surface area contributed by atoms with E-state index < -0.39 is 10.0 Å². The summed E-state index contributed by atoms with van der Waals surface area (Å²) >= 11 is 6.01. The highest BCUT2D eigenvalue weighted by Gasteiger charge is 2.23. The zero-order chi connectivity index (χ0) is 20.9. The van der Waals surface area contributed by atoms with Gasteiger partial charge >= 0.3 is 0 Å². The fourth-order valence-corrected chi connectivity index (χ4v) is 4.13. The molecule has 0 bridgehead atoms. The summed E-state index contributed by atoms with van der Waals surface area (Å²) in [5, 5.41) is 4.04. The van der Waals surface area contributed by atoms with Gasteiger partial charge in [0.2, 0.25) is 10.0 Å². The van der Waals surface area contributed by atoms with Crippen LogP contribution in [-0.4, -0.2) is 43.6 Å². The van der Waals surface area contributed by atoms with Crippen LogP contribution in [0.1, 0.15) is 11.7 Å². The molecule has 3 rings (SSSR count). The number of likely N-dealkylation sites (N-methyl/N-ethyl adjacent to an activating group) is 1. The first-order valence-electron chi connectivity index (χ1n) is 8.69. The Morgan fingerprint density at radius 1 is 1.10 bits per heavy atom. The molecule has 0 atom stereocenters. The van der Waals surface area contributed by atoms with E-state index in [1.165, 1.54) is 23.5 Å². The van der Waals surface area contributed by atoms with E-state index in [-0.39, 0.29) is 29.5 Å². The zero-order valence-corrected chi connectivity index (χ0v) is 17.5. The molecule has 0 saturated heterocycles. The number of aromatic nitrogens is 2. The van der Waals surface area contributed by atoms with Crippen molar-refractivity contribution in [3.8, 4) is 11.5 Å². The van der Waals surface area contributed by atoms with Gasteiger partial charge in [-0.15, -0.1) is 0 Å². The lowest BCUT2D eigenvalue weighted by atomic mass is 10.3. The molecule has 0 aliphatic rings. The van der Waals surface area contributed by atoms with E-state index in [1.54, 1.807) is 43.5 Å². The number of ether oxygens (including phenoxy) is 2. The quantitative estimate of drug-likeness (QED) is 0.507. The third-order valence-electron chi connectivity index (χ3n) is 4.11. The minimum atomic E-state index is -3.70. The Morgan fingerprint density at radius 3 is 2.48 bits per heavy atom. The summed E-state index contributed by atoms with van der Waals surface area (Å²) in [6.07, 6.45) is 0.284. The molecule has 0 fully saturated rings. The Labute approximate surface area is 174 Å². The van der Waals surface area contributed by atoms with Crippen LogP contribution in [-0.2, 0) is 23.1 Å². The van der Waals surface area contributed by atoms with Crippen LogP contribution in [0.5, 0.6) is 11.5 Å². The van der Waals surface area contributed by atoms with E-state index in [2.05, 4.69) is 10.1 Å². The number of hydrogen-bond acceptors (Lipinski definition) is 7. The van der Waals surface area contributed by atoms with Crippen LogP contribution in [0.3, 0.4) is 0 Å². The Balaban J connectivity index is 1.55. The molecular formula is C19H20ClN3O5S. The second kappa shape index (κ2) is 9.25. The normalized spacial score (nSPS) is 11.6. The van der Waals surface area contributed by atoms with Gasteiger partial charge in [-0.25, -0.2) is 12.7 Å². The smallest absolute Gasteiger partial charge is 0.264 e. The Bertz CT molecular complexity index is 1050. The number of methoxy groups -OCH3 is 1. The first-order chi connectivity index (χ1) is 13.9. The van der Waals surface area contributed by atoms with Crippen molar-refractivity contribution in [2.24, 2.45) is 0 Å². The highest BCUT2D eigenvalue weighted by Crippen LogP contribution is 2.23. The van der Waals surface area contributed by atoms with E-state index in [1.807, 2.05) is 0 Å². The van der Waals surface area contributed by atoms with Crippen molar-refractivity contribution >= 4 is 21.6 Å². The Kier molecular flexibility index (Phi) is 6.73. The lowest BCUT2D eigenvalue weighted by Crippen LogP contribution is -2.29. The lowest BCUT2D eigenvalue weighted by molar-refractivity contribution is 0.242. The molecule has 10 heteroatoms. The standard InChI is InChI=1S/C19H20ClN3O5S/c1-23(29(24,25)17-6-4-3-5-16(17)20)12-11-18-21-19(28-22-18)13-27-15-9-7-14(26-2)8-10-15/h3-10H,11-13H2,1-2H3. The molecule has 3 aromatic rings. The lowest BCUT2D eigenvalue weighted by Gasteiger charge is -2.17. The summed E-state index contributed by atoms with van der Waals surface area (Å²) in [6, 6.07) is 13.4. The molecule has 0 unspecified atom stereocenters. The van der Waals surface area contributed by atoms with E-state index >= 15 is 0 Å². The van der Waals surface area contributed by atoms with Crippen molar-refractivity contribution in [2.45, 2.75) is 17.9 Å². The van der Waals surface area contributed by atoms with E-state index in [0.29, 0.717) is 17.5 Å². The van der Waals surface area contributed by atoms with Crippen molar-refractivity contribution in [1.82, 2.24) is 14.4 Å². The van der Waals surface area contributed by atoms with Crippen molar-refractivity contribution in [1.29, 1.82) is 0 Å². The van der Waals surface area contributed by atoms with Crippen LogP contribution in [0.4, 0.5) is 0 Å². The maximum Gasteiger partial charge on any atom is 0.264 e. The van der Waals surface area contributed by atoms with Crippen LogP contribution in [0.15, 0.2) is 57.9 Å². The molecule has 0 spiro atoms. The third kappa shape index (κ3) is 5.26. The highest BCUT2D eigenvalue weighted by molar-refractivity contribution is 7.89. The Hall–Kier alpha value is -2.62. The molecule has 0 amide bonds. The van der Waals surface area contributed by atoms with Crippen molar-refractivity contribution in [3.63, 3.8) is 0 Å². The van der Waals surface area contributed by atoms with E-state index in [9.17, 15) is 8.42 Å². The minimum Gasteiger partial charge on any atom is -0.497 e. The van der Waals surface area contributed by atoms with Crippen LogP contribution in [0, 0.1) is 0 Å². The van der Waals surface area contributed by atoms with Crippen LogP contribution in [0.25, 0.3) is 0 Å². The van der Waals surface area contributed by atoms with Crippen molar-refractivity contribution in [2.75, 3.05) is 20.7 Å². The third-order valence-corrected chi connectivity index (χ3v) is 6.46. The summed E-state index contributed by atoms with van der Waals surface area (Å²) in [5.74, 6) is 2.05. The predicted molar refractivity (Wildman–Crippen MR) is 107 cm³/mol. The van der Waals surface area contributed by atoms with Gasteiger partial charge in [0.05, 0.1) is 12.1 Å². The molecule has 1 heterocycles. The summed E-state index contributed by atoms with van der Waals surface area (Å²) in [5.41, 5.74) is 0. The maximum absolute atomic E-state index is 12.6. The summed E-state index contributed by atoms with van der Waals surface area (Å²) < 4.78 is 42.3. The topological polar surface area (TPSA) is 94.8 Å². The van der Waals surface area contributed by atoms with E-state index in [4.69, 9.17) is 25.6 Å². The summed E-state index contributed by atoms with van der Waals surface area (Å²) in [6.45, 7) is 0.277. The highest BCUT2D eigenvalue weighted by atomic mass is 35.5. The number of hydrogen-bond donors (Lipinski definition) is 0. The van der Waals surface area contributed by atoms with Crippen molar-refractivity contribution < 1.29 is 22.4 Å². The second-order valence-corrected chi connectivity index (χ2v) is 8.50. The summed E-state index contributed by atoms with van der Waals surface area (Å²) in [7, 11) is -0.636. The number of rotatable bonds is 9. The van der Waals surface area contributed by atoms with Gasteiger partial charge in [0.25, 0.3) is 5.89 Å². The Morgan fingerprint density at radius 2 is 1.79 bits per heavy atom. The molecule has 8 nitrogen and oxygen atoms in total.